The van der Waals surface area contributed by atoms with E-state index < -0.39 is 9.84 Å². The van der Waals surface area contributed by atoms with Gasteiger partial charge in [-0.1, -0.05) is 35.9 Å². The lowest BCUT2D eigenvalue weighted by molar-refractivity contribution is -0.142. The van der Waals surface area contributed by atoms with E-state index in [0.717, 1.165) is 25.8 Å². The molecule has 4 rings (SSSR count). The Morgan fingerprint density at radius 2 is 2.00 bits per heavy atom. The van der Waals surface area contributed by atoms with Gasteiger partial charge in [0.05, 0.1) is 11.5 Å². The molecule has 128 valence electrons. The highest BCUT2D eigenvalue weighted by Crippen LogP contribution is 2.53. The highest BCUT2D eigenvalue weighted by atomic mass is 32.2. The smallest absolute Gasteiger partial charge is 0.226 e. The molecule has 1 aromatic carbocycles. The number of amides is 1. The summed E-state index contributed by atoms with van der Waals surface area (Å²) in [6.45, 7) is 3.53. The van der Waals surface area contributed by atoms with E-state index in [4.69, 9.17) is 0 Å². The third kappa shape index (κ3) is 2.79. The van der Waals surface area contributed by atoms with E-state index in [9.17, 15) is 13.2 Å². The topological polar surface area (TPSA) is 54.5 Å². The summed E-state index contributed by atoms with van der Waals surface area (Å²) in [5.41, 5.74) is 3.77. The van der Waals surface area contributed by atoms with Crippen LogP contribution in [-0.4, -0.2) is 43.8 Å². The molecule has 2 heterocycles. The van der Waals surface area contributed by atoms with Gasteiger partial charge >= 0.3 is 0 Å². The van der Waals surface area contributed by atoms with Crippen LogP contribution in [0.15, 0.2) is 30.3 Å². The van der Waals surface area contributed by atoms with Crippen LogP contribution in [0, 0.1) is 18.3 Å². The summed E-state index contributed by atoms with van der Waals surface area (Å²) in [5.74, 6) is 0.835. The summed E-state index contributed by atoms with van der Waals surface area (Å²) in [4.78, 5) is 14.5. The van der Waals surface area contributed by atoms with Crippen molar-refractivity contribution in [2.24, 2.45) is 11.3 Å². The summed E-state index contributed by atoms with van der Waals surface area (Å²) in [5, 5.41) is 0. The molecule has 2 aliphatic heterocycles. The van der Waals surface area contributed by atoms with E-state index in [-0.39, 0.29) is 17.2 Å². The van der Waals surface area contributed by atoms with Crippen LogP contribution in [0.2, 0.25) is 0 Å². The van der Waals surface area contributed by atoms with Crippen LogP contribution in [0.25, 0.3) is 5.57 Å². The minimum atomic E-state index is -2.80. The van der Waals surface area contributed by atoms with Crippen LogP contribution >= 0.6 is 0 Å². The quantitative estimate of drug-likeness (QED) is 0.827. The van der Waals surface area contributed by atoms with Gasteiger partial charge in [-0.05, 0) is 42.7 Å². The van der Waals surface area contributed by atoms with Gasteiger partial charge in [0.1, 0.15) is 0 Å². The maximum Gasteiger partial charge on any atom is 0.226 e. The lowest BCUT2D eigenvalue weighted by Gasteiger charge is -2.53. The largest absolute Gasteiger partial charge is 0.338 e. The van der Waals surface area contributed by atoms with Gasteiger partial charge in [0.2, 0.25) is 5.91 Å². The Kier molecular flexibility index (Phi) is 3.60. The summed E-state index contributed by atoms with van der Waals surface area (Å²) in [6.07, 6.45) is 4.58. The maximum atomic E-state index is 12.6. The number of aryl methyl sites for hydroxylation is 1. The zero-order chi connectivity index (χ0) is 16.9. The number of carbonyl (C=O) groups excluding carboxylic acids is 1. The molecule has 0 bridgehead atoms. The van der Waals surface area contributed by atoms with Gasteiger partial charge in [-0.3, -0.25) is 4.79 Å². The zero-order valence-electron chi connectivity index (χ0n) is 14.0. The number of sulfone groups is 1. The molecule has 1 spiro atoms. The van der Waals surface area contributed by atoms with Crippen molar-refractivity contribution in [3.05, 3.63) is 41.5 Å². The molecule has 1 saturated heterocycles. The maximum absolute atomic E-state index is 12.6. The molecule has 3 aliphatic rings. The van der Waals surface area contributed by atoms with Crippen LogP contribution in [0.4, 0.5) is 0 Å². The fourth-order valence-electron chi connectivity index (χ4n) is 4.52. The Hall–Kier alpha value is -1.62. The Bertz CT molecular complexity index is 805. The third-order valence-corrected chi connectivity index (χ3v) is 7.77. The van der Waals surface area contributed by atoms with Gasteiger partial charge in [-0.2, -0.15) is 0 Å². The third-order valence-electron chi connectivity index (χ3n) is 5.67. The monoisotopic (exact) mass is 345 g/mol. The Morgan fingerprint density at radius 3 is 2.58 bits per heavy atom. The molecule has 0 unspecified atom stereocenters. The molecule has 5 heteroatoms. The van der Waals surface area contributed by atoms with E-state index in [1.165, 1.54) is 16.7 Å². The van der Waals surface area contributed by atoms with Crippen LogP contribution in [0.5, 0.6) is 0 Å². The first-order valence-electron chi connectivity index (χ1n) is 8.61. The fraction of sp³-hybridized carbons (Fsp3) is 0.526. The Morgan fingerprint density at radius 1 is 1.25 bits per heavy atom. The summed E-state index contributed by atoms with van der Waals surface area (Å²) >= 11 is 0. The lowest BCUT2D eigenvalue weighted by atomic mass is 9.63. The van der Waals surface area contributed by atoms with Crippen molar-refractivity contribution in [1.29, 1.82) is 0 Å². The van der Waals surface area contributed by atoms with E-state index in [0.29, 0.717) is 18.1 Å². The fourth-order valence-corrected chi connectivity index (χ4v) is 6.77. The van der Waals surface area contributed by atoms with E-state index in [1.54, 1.807) is 0 Å². The first-order chi connectivity index (χ1) is 11.4. The first-order valence-corrected chi connectivity index (χ1v) is 10.4. The molecule has 1 amide bonds. The number of nitrogens with zero attached hydrogens (tertiary/aromatic N) is 1. The number of benzene rings is 1. The molecular formula is C19H23NO3S. The van der Waals surface area contributed by atoms with Gasteiger partial charge in [-0.25, -0.2) is 8.42 Å². The molecule has 1 aromatic rings. The molecule has 0 radical (unpaired) electrons. The van der Waals surface area contributed by atoms with Crippen LogP contribution in [0.3, 0.4) is 0 Å². The van der Waals surface area contributed by atoms with Gasteiger partial charge in [-0.15, -0.1) is 0 Å². The molecule has 24 heavy (non-hydrogen) atoms. The van der Waals surface area contributed by atoms with Crippen molar-refractivity contribution < 1.29 is 13.2 Å². The summed E-state index contributed by atoms with van der Waals surface area (Å²) in [7, 11) is -2.80. The van der Waals surface area contributed by atoms with Crippen molar-refractivity contribution >= 4 is 21.3 Å². The van der Waals surface area contributed by atoms with Crippen LogP contribution < -0.4 is 0 Å². The molecule has 1 aliphatic carbocycles. The van der Waals surface area contributed by atoms with Crippen molar-refractivity contribution in [2.45, 2.75) is 26.2 Å². The van der Waals surface area contributed by atoms with Crippen molar-refractivity contribution in [3.8, 4) is 0 Å². The van der Waals surface area contributed by atoms with E-state index >= 15 is 0 Å². The molecule has 1 saturated carbocycles. The minimum absolute atomic E-state index is 0.0365. The minimum Gasteiger partial charge on any atom is -0.338 e. The molecule has 4 nitrogen and oxygen atoms in total. The highest BCUT2D eigenvalue weighted by Gasteiger charge is 2.58. The molecule has 2 fully saturated rings. The van der Waals surface area contributed by atoms with Crippen LogP contribution in [0.1, 0.15) is 30.4 Å². The van der Waals surface area contributed by atoms with Crippen molar-refractivity contribution in [2.75, 3.05) is 24.6 Å². The van der Waals surface area contributed by atoms with Gasteiger partial charge in [0, 0.05) is 19.0 Å². The second-order valence-electron chi connectivity index (χ2n) is 7.77. The number of hydrogen-bond acceptors (Lipinski definition) is 3. The van der Waals surface area contributed by atoms with Gasteiger partial charge < -0.3 is 4.90 Å². The molecule has 0 atom stereocenters. The van der Waals surface area contributed by atoms with E-state index in [2.05, 4.69) is 37.3 Å². The molecular weight excluding hydrogens is 322 g/mol. The van der Waals surface area contributed by atoms with Gasteiger partial charge in [0.15, 0.2) is 9.84 Å². The second-order valence-corrected chi connectivity index (χ2v) is 9.84. The lowest BCUT2D eigenvalue weighted by Crippen LogP contribution is -2.59. The summed E-state index contributed by atoms with van der Waals surface area (Å²) < 4.78 is 22.7. The average Bonchev–Trinajstić information content (AvgIpc) is 2.49. The molecule has 0 aromatic heterocycles. The number of rotatable bonds is 2. The zero-order valence-corrected chi connectivity index (χ0v) is 14.8. The van der Waals surface area contributed by atoms with E-state index in [1.807, 2.05) is 4.90 Å². The highest BCUT2D eigenvalue weighted by molar-refractivity contribution is 7.92. The Balaban J connectivity index is 1.35. The standard InChI is InChI=1S/C19H23NO3S/c1-14-3-2-4-16(9-14)15-5-7-20(8-6-15)18(21)17-10-19(11-17)12-24(22,23)13-19/h2-5,9,17H,6-8,10-13H2,1H3. The van der Waals surface area contributed by atoms with Crippen molar-refractivity contribution in [1.82, 2.24) is 4.90 Å². The number of carbonyl (C=O) groups is 1. The van der Waals surface area contributed by atoms with Crippen molar-refractivity contribution in [3.63, 3.8) is 0 Å². The predicted molar refractivity (Wildman–Crippen MR) is 94.2 cm³/mol. The summed E-state index contributed by atoms with van der Waals surface area (Å²) in [6, 6.07) is 8.48. The average molecular weight is 345 g/mol. The van der Waals surface area contributed by atoms with Crippen LogP contribution in [-0.2, 0) is 14.6 Å². The Labute approximate surface area is 143 Å². The van der Waals surface area contributed by atoms with Gasteiger partial charge in [0.25, 0.3) is 0 Å². The predicted octanol–water partition coefficient (Wildman–Crippen LogP) is 2.44. The first kappa shape index (κ1) is 15.9. The normalized spacial score (nSPS) is 24.9. The number of hydrogen-bond donors (Lipinski definition) is 0. The second kappa shape index (κ2) is 5.45. The SMILES string of the molecule is Cc1cccc(C2=CCN(C(=O)C3CC4(C3)CS(=O)(=O)C4)CC2)c1. The molecule has 0 N–H and O–H groups in total.